The highest BCUT2D eigenvalue weighted by Gasteiger charge is 2.72. The Morgan fingerprint density at radius 2 is 0.540 bits per heavy atom. The first-order valence-corrected chi connectivity index (χ1v) is 22.3. The molecule has 0 unspecified atom stereocenters. The van der Waals surface area contributed by atoms with E-state index in [1.165, 1.54) is 59.4 Å². The third-order valence-electron chi connectivity index (χ3n) is 12.8. The lowest BCUT2D eigenvalue weighted by Crippen LogP contribution is -2.54. The van der Waals surface area contributed by atoms with Crippen LogP contribution >= 0.6 is 0 Å². The molecule has 336 valence electrons. The molecule has 0 N–H and O–H groups in total. The predicted octanol–water partition coefficient (Wildman–Crippen LogP) is 15.3. The van der Waals surface area contributed by atoms with Gasteiger partial charge in [-0.1, -0.05) is 98.8 Å². The normalized spacial score (nSPS) is 12.3. The van der Waals surface area contributed by atoms with E-state index in [4.69, 9.17) is 0 Å². The van der Waals surface area contributed by atoms with Crippen LogP contribution in [0, 0.1) is 83.1 Å². The minimum Gasteiger partial charge on any atom is -0.219 e. The maximum absolute atomic E-state index is 14.0. The molecule has 6 aromatic rings. The molecule has 0 aromatic heterocycles. The quantitative estimate of drug-likeness (QED) is 0.156. The lowest BCUT2D eigenvalue weighted by Gasteiger charge is -2.38. The smallest absolute Gasteiger partial charge is 0.219 e. The number of rotatable bonds is 6. The molecule has 0 saturated carbocycles. The van der Waals surface area contributed by atoms with Crippen molar-refractivity contribution in [3.63, 3.8) is 0 Å². The van der Waals surface area contributed by atoms with Crippen molar-refractivity contribution in [1.82, 2.24) is 0 Å². The zero-order valence-electron chi connectivity index (χ0n) is 38.9. The van der Waals surface area contributed by atoms with Crippen LogP contribution in [0.2, 0.25) is 0 Å². The summed E-state index contributed by atoms with van der Waals surface area (Å²) in [7, 11) is -3.42. The highest BCUT2D eigenvalue weighted by Crippen LogP contribution is 2.56. The van der Waals surface area contributed by atoms with Gasteiger partial charge in [0.2, 0.25) is 15.3 Å². The molecule has 0 aliphatic carbocycles. The molecule has 0 fully saturated rings. The van der Waals surface area contributed by atoms with Crippen molar-refractivity contribution in [1.29, 1.82) is 0 Å². The summed E-state index contributed by atoms with van der Waals surface area (Å²) < 4.78 is 109. The first-order valence-electron chi connectivity index (χ1n) is 20.8. The average Bonchev–Trinajstić information content (AvgIpc) is 3.18. The Balaban J connectivity index is 0.000000210. The van der Waals surface area contributed by atoms with Gasteiger partial charge in [0.05, 0.1) is 9.79 Å². The van der Waals surface area contributed by atoms with Crippen molar-refractivity contribution in [2.45, 2.75) is 130 Å². The predicted molar refractivity (Wildman–Crippen MR) is 246 cm³/mol. The van der Waals surface area contributed by atoms with Gasteiger partial charge in [0.25, 0.3) is 0 Å². The van der Waals surface area contributed by atoms with Crippen molar-refractivity contribution >= 4 is 9.84 Å². The molecule has 0 amide bonds. The van der Waals surface area contributed by atoms with Gasteiger partial charge in [-0.05, 0) is 196 Å². The van der Waals surface area contributed by atoms with E-state index < -0.39 is 38.7 Å². The van der Waals surface area contributed by atoms with Gasteiger partial charge in [-0.15, -0.1) is 0 Å². The van der Waals surface area contributed by atoms with Gasteiger partial charge in [-0.3, -0.25) is 0 Å². The Bertz CT molecular complexity index is 2540. The minimum atomic E-state index is -5.55. The zero-order valence-corrected chi connectivity index (χ0v) is 39.7. The molecule has 9 heteroatoms. The van der Waals surface area contributed by atoms with Crippen molar-refractivity contribution in [2.75, 3.05) is 0 Å². The molecule has 0 radical (unpaired) electrons. The Hall–Kier alpha value is -5.15. The molecule has 0 aliphatic rings. The van der Waals surface area contributed by atoms with Gasteiger partial charge < -0.3 is 0 Å². The summed E-state index contributed by atoms with van der Waals surface area (Å²) in [5.41, 5.74) is 8.75. The second kappa shape index (κ2) is 18.9. The van der Waals surface area contributed by atoms with Crippen LogP contribution in [0.1, 0.15) is 103 Å². The number of halogens is 6. The first kappa shape index (κ1) is 50.5. The number of benzene rings is 6. The van der Waals surface area contributed by atoms with Crippen molar-refractivity contribution in [3.8, 4) is 0 Å². The molecule has 6 aromatic carbocycles. The summed E-state index contributed by atoms with van der Waals surface area (Å²) in [6.45, 7) is 27.4. The fourth-order valence-corrected chi connectivity index (χ4v) is 8.69. The van der Waals surface area contributed by atoms with Gasteiger partial charge >= 0.3 is 12.4 Å². The summed E-state index contributed by atoms with van der Waals surface area (Å²) in [5, 5.41) is 0. The third-order valence-corrected chi connectivity index (χ3v) is 14.5. The first-order chi connectivity index (χ1) is 29.0. The number of hydrogen-bond donors (Lipinski definition) is 0. The summed E-state index contributed by atoms with van der Waals surface area (Å²) in [6.07, 6.45) is -11.1. The summed E-state index contributed by atoms with van der Waals surface area (Å²) in [4.78, 5) is 0.720. The highest BCUT2D eigenvalue weighted by atomic mass is 32.2. The number of aryl methyl sites for hydroxylation is 12. The lowest BCUT2D eigenvalue weighted by atomic mass is 9.71. The summed E-state index contributed by atoms with van der Waals surface area (Å²) in [5.74, 6) is 0. The van der Waals surface area contributed by atoms with E-state index in [9.17, 15) is 34.8 Å². The van der Waals surface area contributed by atoms with Crippen LogP contribution in [0.25, 0.3) is 0 Å². The van der Waals surface area contributed by atoms with Crippen LogP contribution < -0.4 is 0 Å². The molecule has 63 heavy (non-hydrogen) atoms. The third kappa shape index (κ3) is 10.6. The average molecular weight is 887 g/mol. The number of hydrogen-bond acceptors (Lipinski definition) is 2. The van der Waals surface area contributed by atoms with E-state index in [0.717, 1.165) is 46.5 Å². The highest BCUT2D eigenvalue weighted by molar-refractivity contribution is 7.91. The van der Waals surface area contributed by atoms with E-state index in [0.29, 0.717) is 32.0 Å². The molecule has 6 rings (SSSR count). The molecule has 0 aliphatic heterocycles. The lowest BCUT2D eigenvalue weighted by molar-refractivity contribution is -0.288. The molecule has 0 heterocycles. The van der Waals surface area contributed by atoms with Gasteiger partial charge in [-0.2, -0.15) is 26.3 Å². The van der Waals surface area contributed by atoms with Gasteiger partial charge in [-0.25, -0.2) is 8.42 Å². The Labute approximate surface area is 371 Å². The van der Waals surface area contributed by atoms with Crippen LogP contribution in [0.15, 0.2) is 119 Å². The summed E-state index contributed by atoms with van der Waals surface area (Å²) >= 11 is 0. The SMILES string of the molecule is Cc1ccc(C(C)(C)c2ccc(C)c(C)c2)cc1C.Cc1ccc(C(c2ccc(C)c(C)c2)(C(F)(F)F)C(F)(F)F)cc1C.Cc1ccc(S(=O)(=O)c2ccc(C)c(C)c2)cc1C. The van der Waals surface area contributed by atoms with Crippen molar-refractivity contribution in [3.05, 3.63) is 198 Å². The molecular formula is C54H60F6O2S. The number of alkyl halides is 6. The zero-order chi connectivity index (χ0) is 47.6. The minimum absolute atomic E-state index is 0.0525. The standard InChI is InChI=1S/C19H18F6.C19H24.C16H18O2S/c1-11-5-7-15(9-13(11)3)17(18(20,21)22,19(23,24)25)16-8-6-12(2)14(4)10-16;1-13-7-9-17(11-15(13)3)19(5,6)18-10-8-14(2)16(4)12-18;1-11-5-7-15(9-13(11)3)19(17,18)16-8-6-12(2)14(4)10-16/h5-10H,1-4H3;7-12H,1-6H3;5-10H,1-4H3. The maximum Gasteiger partial charge on any atom is 0.411 e. The molecule has 0 saturated heterocycles. The van der Waals surface area contributed by atoms with Crippen LogP contribution in [-0.2, 0) is 20.7 Å². The monoisotopic (exact) mass is 886 g/mol. The number of sulfone groups is 1. The Kier molecular flexibility index (Phi) is 15.2. The van der Waals surface area contributed by atoms with Gasteiger partial charge in [0.15, 0.2) is 0 Å². The van der Waals surface area contributed by atoms with E-state index in [2.05, 4.69) is 77.9 Å². The van der Waals surface area contributed by atoms with Crippen molar-refractivity contribution in [2.24, 2.45) is 0 Å². The van der Waals surface area contributed by atoms with Crippen LogP contribution in [-0.4, -0.2) is 20.8 Å². The van der Waals surface area contributed by atoms with Gasteiger partial charge in [0.1, 0.15) is 0 Å². The van der Waals surface area contributed by atoms with Crippen LogP contribution in [0.5, 0.6) is 0 Å². The van der Waals surface area contributed by atoms with E-state index >= 15 is 0 Å². The topological polar surface area (TPSA) is 34.1 Å². The Morgan fingerprint density at radius 1 is 0.317 bits per heavy atom. The van der Waals surface area contributed by atoms with E-state index in [1.54, 1.807) is 38.1 Å². The van der Waals surface area contributed by atoms with Gasteiger partial charge in [0, 0.05) is 5.41 Å². The van der Waals surface area contributed by atoms with Crippen LogP contribution in [0.4, 0.5) is 26.3 Å². The fraction of sp³-hybridized carbons (Fsp3) is 0.333. The Morgan fingerprint density at radius 3 is 0.778 bits per heavy atom. The molecule has 0 atom stereocenters. The second-order valence-electron chi connectivity index (χ2n) is 17.6. The van der Waals surface area contributed by atoms with E-state index in [-0.39, 0.29) is 5.41 Å². The second-order valence-corrected chi connectivity index (χ2v) is 19.5. The summed E-state index contributed by atoms with van der Waals surface area (Å²) in [6, 6.07) is 30.5. The largest absolute Gasteiger partial charge is 0.411 e. The van der Waals surface area contributed by atoms with Crippen LogP contribution in [0.3, 0.4) is 0 Å². The maximum atomic E-state index is 14.0. The molecular weight excluding hydrogens is 827 g/mol. The molecule has 0 bridgehead atoms. The molecule has 2 nitrogen and oxygen atoms in total. The molecule has 0 spiro atoms. The van der Waals surface area contributed by atoms with Crippen molar-refractivity contribution < 1.29 is 34.8 Å². The fourth-order valence-electron chi connectivity index (χ4n) is 7.26. The van der Waals surface area contributed by atoms with E-state index in [1.807, 2.05) is 39.8 Å².